The summed E-state index contributed by atoms with van der Waals surface area (Å²) in [6.45, 7) is 4.88. The van der Waals surface area contributed by atoms with Crippen molar-refractivity contribution in [3.8, 4) is 0 Å². The molecule has 1 saturated heterocycles. The number of hydrogen-bond acceptors (Lipinski definition) is 7. The minimum absolute atomic E-state index is 0.159. The Kier molecular flexibility index (Phi) is 6.36. The third-order valence-corrected chi connectivity index (χ3v) is 6.70. The van der Waals surface area contributed by atoms with Crippen molar-refractivity contribution in [3.05, 3.63) is 64.8 Å². The molecule has 176 valence electrons. The zero-order valence-corrected chi connectivity index (χ0v) is 19.5. The van der Waals surface area contributed by atoms with E-state index in [0.29, 0.717) is 29.2 Å². The summed E-state index contributed by atoms with van der Waals surface area (Å²) in [5.41, 5.74) is 3.52. The molecule has 5 rings (SSSR count). The summed E-state index contributed by atoms with van der Waals surface area (Å²) in [4.78, 5) is 36.1. The number of amides is 2. The quantitative estimate of drug-likeness (QED) is 0.504. The summed E-state index contributed by atoms with van der Waals surface area (Å²) in [7, 11) is 0. The third-order valence-electron chi connectivity index (χ3n) is 6.46. The van der Waals surface area contributed by atoms with Gasteiger partial charge in [0.1, 0.15) is 0 Å². The maximum absolute atomic E-state index is 13.1. The highest BCUT2D eigenvalue weighted by Crippen LogP contribution is 2.28. The predicted octanol–water partition coefficient (Wildman–Crippen LogP) is 2.71. The van der Waals surface area contributed by atoms with Gasteiger partial charge in [-0.3, -0.25) is 24.4 Å². The number of aromatic nitrogens is 1. The van der Waals surface area contributed by atoms with E-state index in [-0.39, 0.29) is 25.0 Å². The van der Waals surface area contributed by atoms with Gasteiger partial charge in [-0.25, -0.2) is 0 Å². The number of piperazine rings is 1. The minimum atomic E-state index is -0.257. The molecular weight excluding hydrogens is 454 g/mol. The average molecular weight is 480 g/mol. The number of imide groups is 1. The number of halogens is 1. The van der Waals surface area contributed by atoms with Crippen molar-refractivity contribution >= 4 is 45.7 Å². The minimum Gasteiger partial charge on any atom is -0.395 e. The molecule has 0 saturated carbocycles. The Morgan fingerprint density at radius 1 is 0.941 bits per heavy atom. The van der Waals surface area contributed by atoms with Gasteiger partial charge in [0.15, 0.2) is 0 Å². The largest absolute Gasteiger partial charge is 0.395 e. The topological polar surface area (TPSA) is 89.0 Å². The van der Waals surface area contributed by atoms with E-state index in [1.165, 1.54) is 4.90 Å². The lowest BCUT2D eigenvalue weighted by Gasteiger charge is -2.35. The number of rotatable bonds is 7. The molecule has 1 aromatic heterocycles. The van der Waals surface area contributed by atoms with Crippen molar-refractivity contribution in [2.24, 2.45) is 0 Å². The Balaban J connectivity index is 1.25. The van der Waals surface area contributed by atoms with Crippen LogP contribution in [0.3, 0.4) is 0 Å². The second kappa shape index (κ2) is 9.58. The lowest BCUT2D eigenvalue weighted by Crippen LogP contribution is -2.47. The third kappa shape index (κ3) is 4.32. The first kappa shape index (κ1) is 22.6. The first-order valence-corrected chi connectivity index (χ1v) is 11.8. The van der Waals surface area contributed by atoms with Crippen molar-refractivity contribution in [3.63, 3.8) is 0 Å². The molecule has 0 radical (unpaired) electrons. The lowest BCUT2D eigenvalue weighted by molar-refractivity contribution is 0.0660. The Morgan fingerprint density at radius 2 is 1.74 bits per heavy atom. The van der Waals surface area contributed by atoms with Gasteiger partial charge in [-0.15, -0.1) is 0 Å². The molecular formula is C25H26ClN5O3. The number of nitrogens with zero attached hydrogens (tertiary/aromatic N) is 4. The highest BCUT2D eigenvalue weighted by atomic mass is 35.5. The van der Waals surface area contributed by atoms with E-state index >= 15 is 0 Å². The van der Waals surface area contributed by atoms with E-state index in [2.05, 4.69) is 20.1 Å². The van der Waals surface area contributed by atoms with Gasteiger partial charge in [-0.1, -0.05) is 11.6 Å². The van der Waals surface area contributed by atoms with Crippen LogP contribution in [0, 0.1) is 0 Å². The normalized spacial score (nSPS) is 16.4. The molecule has 9 heteroatoms. The number of fused-ring (bicyclic) bond motifs is 2. The van der Waals surface area contributed by atoms with Crippen molar-refractivity contribution in [2.45, 2.75) is 0 Å². The van der Waals surface area contributed by atoms with Crippen LogP contribution in [0.15, 0.2) is 48.7 Å². The van der Waals surface area contributed by atoms with Crippen molar-refractivity contribution in [2.75, 3.05) is 62.6 Å². The van der Waals surface area contributed by atoms with Gasteiger partial charge in [-0.05, 0) is 42.5 Å². The number of aliphatic hydroxyl groups excluding tert-OH is 1. The number of hydrogen-bond donors (Lipinski definition) is 2. The molecule has 2 N–H and O–H groups in total. The Hall–Kier alpha value is -3.20. The fraction of sp³-hybridized carbons (Fsp3) is 0.320. The molecule has 2 aromatic carbocycles. The standard InChI is InChI=1S/C25H26ClN5O3/c26-17-1-3-20-22(5-6-27-23(20)15-17)28-7-8-31-24(33)19-4-2-18(16-21(19)25(31)34)30-11-9-29(10-12-30)13-14-32/h1-6,15-16,32H,7-14H2,(H,27,28). The van der Waals surface area contributed by atoms with Crippen molar-refractivity contribution < 1.29 is 14.7 Å². The lowest BCUT2D eigenvalue weighted by atomic mass is 10.1. The number of carbonyl (C=O) groups excluding carboxylic acids is 2. The summed E-state index contributed by atoms with van der Waals surface area (Å²) in [5.74, 6) is -0.513. The predicted molar refractivity (Wildman–Crippen MR) is 133 cm³/mol. The fourth-order valence-corrected chi connectivity index (χ4v) is 4.79. The average Bonchev–Trinajstić information content (AvgIpc) is 3.09. The SMILES string of the molecule is O=C1c2ccc(N3CCN(CCO)CC3)cc2C(=O)N1CCNc1ccnc2cc(Cl)ccc12. The van der Waals surface area contributed by atoms with E-state index in [1.54, 1.807) is 18.3 Å². The summed E-state index contributed by atoms with van der Waals surface area (Å²) in [6.07, 6.45) is 1.70. The van der Waals surface area contributed by atoms with E-state index in [4.69, 9.17) is 16.7 Å². The van der Waals surface area contributed by atoms with Crippen molar-refractivity contribution in [1.82, 2.24) is 14.8 Å². The van der Waals surface area contributed by atoms with Crippen LogP contribution >= 0.6 is 11.6 Å². The molecule has 0 aliphatic carbocycles. The molecule has 8 nitrogen and oxygen atoms in total. The van der Waals surface area contributed by atoms with Crippen LogP contribution in [-0.2, 0) is 0 Å². The van der Waals surface area contributed by atoms with Gasteiger partial charge in [0.05, 0.1) is 23.3 Å². The van der Waals surface area contributed by atoms with E-state index in [9.17, 15) is 9.59 Å². The summed E-state index contributed by atoms with van der Waals surface area (Å²) >= 11 is 6.06. The monoisotopic (exact) mass is 479 g/mol. The van der Waals surface area contributed by atoms with Gasteiger partial charge in [0.25, 0.3) is 11.8 Å². The zero-order valence-electron chi connectivity index (χ0n) is 18.7. The Morgan fingerprint density at radius 3 is 2.53 bits per heavy atom. The van der Waals surface area contributed by atoms with E-state index in [1.807, 2.05) is 30.3 Å². The van der Waals surface area contributed by atoms with Crippen LogP contribution < -0.4 is 10.2 Å². The maximum Gasteiger partial charge on any atom is 0.261 e. The number of carbonyl (C=O) groups is 2. The van der Waals surface area contributed by atoms with Crippen LogP contribution in [-0.4, -0.2) is 84.1 Å². The van der Waals surface area contributed by atoms with E-state index < -0.39 is 0 Å². The first-order chi connectivity index (χ1) is 16.5. The molecule has 2 aliphatic heterocycles. The number of pyridine rings is 1. The highest BCUT2D eigenvalue weighted by molar-refractivity contribution is 6.31. The molecule has 2 amide bonds. The molecule has 0 unspecified atom stereocenters. The smallest absolute Gasteiger partial charge is 0.261 e. The summed E-state index contributed by atoms with van der Waals surface area (Å²) < 4.78 is 0. The van der Waals surface area contributed by atoms with Crippen LogP contribution in [0.2, 0.25) is 5.02 Å². The van der Waals surface area contributed by atoms with Gasteiger partial charge < -0.3 is 15.3 Å². The van der Waals surface area contributed by atoms with Crippen LogP contribution in [0.25, 0.3) is 10.9 Å². The summed E-state index contributed by atoms with van der Waals surface area (Å²) in [5, 5.41) is 14.0. The second-order valence-electron chi connectivity index (χ2n) is 8.49. The molecule has 1 fully saturated rings. The van der Waals surface area contributed by atoms with Gasteiger partial charge in [0, 0.05) is 73.8 Å². The van der Waals surface area contributed by atoms with Crippen LogP contribution in [0.4, 0.5) is 11.4 Å². The van der Waals surface area contributed by atoms with Gasteiger partial charge >= 0.3 is 0 Å². The number of benzene rings is 2. The molecule has 0 spiro atoms. The molecule has 3 aromatic rings. The van der Waals surface area contributed by atoms with E-state index in [0.717, 1.165) is 48.5 Å². The molecule has 0 bridgehead atoms. The molecule has 34 heavy (non-hydrogen) atoms. The first-order valence-electron chi connectivity index (χ1n) is 11.4. The van der Waals surface area contributed by atoms with Crippen molar-refractivity contribution in [1.29, 1.82) is 0 Å². The Labute approximate surface area is 202 Å². The maximum atomic E-state index is 13.1. The fourth-order valence-electron chi connectivity index (χ4n) is 4.63. The Bertz CT molecular complexity index is 1240. The number of anilines is 2. The number of β-amino-alcohol motifs (C(OH)–C–C–N with tert-alkyl or cyclic N) is 1. The van der Waals surface area contributed by atoms with Gasteiger partial charge in [-0.2, -0.15) is 0 Å². The summed E-state index contributed by atoms with van der Waals surface area (Å²) in [6, 6.07) is 12.9. The molecule has 3 heterocycles. The molecule has 2 aliphatic rings. The van der Waals surface area contributed by atoms with Gasteiger partial charge in [0.2, 0.25) is 0 Å². The zero-order chi connectivity index (χ0) is 23.7. The number of aliphatic hydroxyl groups is 1. The van der Waals surface area contributed by atoms with Crippen LogP contribution in [0.5, 0.6) is 0 Å². The number of nitrogens with one attached hydrogen (secondary N) is 1. The molecule has 0 atom stereocenters. The highest BCUT2D eigenvalue weighted by Gasteiger charge is 2.35. The second-order valence-corrected chi connectivity index (χ2v) is 8.93. The van der Waals surface area contributed by atoms with Crippen LogP contribution in [0.1, 0.15) is 20.7 Å².